The van der Waals surface area contributed by atoms with E-state index < -0.39 is 57.8 Å². The number of rotatable bonds is 57. The van der Waals surface area contributed by atoms with E-state index in [1.807, 2.05) is 0 Å². The van der Waals surface area contributed by atoms with Gasteiger partial charge in [0.2, 0.25) is 0 Å². The highest BCUT2D eigenvalue weighted by Gasteiger charge is 2.28. The van der Waals surface area contributed by atoms with Crippen LogP contribution in [-0.4, -0.2) is 66.5 Å². The van der Waals surface area contributed by atoms with Crippen molar-refractivity contribution in [2.45, 2.75) is 290 Å². The second-order valence-electron chi connectivity index (χ2n) is 20.5. The Morgan fingerprint density at radius 2 is 0.711 bits per heavy atom. The van der Waals surface area contributed by atoms with E-state index in [1.165, 1.54) is 103 Å². The zero-order valence-corrected chi connectivity index (χ0v) is 49.6. The number of hydrogen-bond acceptors (Lipinski definition) is 10. The Bertz CT molecular complexity index is 1550. The van der Waals surface area contributed by atoms with Gasteiger partial charge in [-0.15, -0.1) is 0 Å². The first kappa shape index (κ1) is 72.9. The number of aliphatic hydroxyl groups is 1. The number of phosphoric ester groups is 1. The molecule has 0 bridgehead atoms. The van der Waals surface area contributed by atoms with E-state index in [1.54, 1.807) is 0 Å². The topological polar surface area (TPSA) is 155 Å². The first-order valence-corrected chi connectivity index (χ1v) is 32.3. The van der Waals surface area contributed by atoms with Crippen LogP contribution in [0.3, 0.4) is 0 Å². The van der Waals surface area contributed by atoms with Crippen molar-refractivity contribution in [1.29, 1.82) is 0 Å². The van der Waals surface area contributed by atoms with Crippen LogP contribution in [0.4, 0.5) is 0 Å². The lowest BCUT2D eigenvalue weighted by molar-refractivity contribution is -0.161. The third-order valence-electron chi connectivity index (χ3n) is 13.1. The number of aliphatic hydroxyl groups excluding tert-OH is 1. The molecule has 0 saturated heterocycles. The van der Waals surface area contributed by atoms with Crippen molar-refractivity contribution in [3.63, 3.8) is 0 Å². The summed E-state index contributed by atoms with van der Waals surface area (Å²) in [5.74, 6) is -1.49. The number of phosphoric acid groups is 1. The maximum absolute atomic E-state index is 12.9. The fraction of sp³-hybridized carbons (Fsp3) is 0.766. The maximum Gasteiger partial charge on any atom is 0.472 e. The Labute approximate surface area is 465 Å². The van der Waals surface area contributed by atoms with E-state index in [2.05, 4.69) is 93.7 Å². The standard InChI is InChI=1S/C64H113O11P/c1-4-7-10-13-16-19-22-25-27-29-30-32-34-37-40-43-46-49-52-55-64(68)75-61(57-71-62(66)53-50-47-44-41-38-35-24-21-18-15-12-9-6-3)59-73-76(69,70)72-58-60(56-65)74-63(67)54-51-48-45-42-39-36-33-31-28-26-23-20-17-14-11-8-5-2/h8,11-12,15,17,20-21,24,26,28,33,36,60-61,65H,4-7,9-10,13-14,16,18-19,22-23,25,27,29-32,34-35,37-59H2,1-3H3,(H,69,70)/b11-8-,15-12-,20-17-,24-21-,28-26-,36-33-. The lowest BCUT2D eigenvalue weighted by Crippen LogP contribution is -2.30. The van der Waals surface area contributed by atoms with Crippen molar-refractivity contribution in [2.24, 2.45) is 0 Å². The lowest BCUT2D eigenvalue weighted by atomic mass is 10.0. The van der Waals surface area contributed by atoms with Gasteiger partial charge in [-0.2, -0.15) is 0 Å². The monoisotopic (exact) mass is 1090 g/mol. The molecule has 0 rings (SSSR count). The molecule has 12 heteroatoms. The fourth-order valence-corrected chi connectivity index (χ4v) is 9.23. The third kappa shape index (κ3) is 55.7. The van der Waals surface area contributed by atoms with Gasteiger partial charge in [-0.05, 0) is 83.5 Å². The molecule has 0 amide bonds. The third-order valence-corrected chi connectivity index (χ3v) is 14.0. The van der Waals surface area contributed by atoms with Crippen molar-refractivity contribution in [1.82, 2.24) is 0 Å². The molecule has 0 radical (unpaired) electrons. The number of carbonyl (C=O) groups is 3. The van der Waals surface area contributed by atoms with Gasteiger partial charge in [0.25, 0.3) is 0 Å². The van der Waals surface area contributed by atoms with E-state index in [0.717, 1.165) is 116 Å². The molecule has 0 aliphatic carbocycles. The summed E-state index contributed by atoms with van der Waals surface area (Å²) in [7, 11) is -4.76. The molecule has 0 aromatic heterocycles. The molecule has 0 aromatic rings. The number of esters is 3. The van der Waals surface area contributed by atoms with Crippen LogP contribution in [0.25, 0.3) is 0 Å². The highest BCUT2D eigenvalue weighted by molar-refractivity contribution is 7.47. The van der Waals surface area contributed by atoms with Gasteiger partial charge in [0, 0.05) is 19.3 Å². The van der Waals surface area contributed by atoms with Crippen molar-refractivity contribution in [3.05, 3.63) is 72.9 Å². The van der Waals surface area contributed by atoms with Gasteiger partial charge in [-0.25, -0.2) is 4.57 Å². The minimum atomic E-state index is -4.76. The zero-order valence-electron chi connectivity index (χ0n) is 48.7. The molecule has 0 aromatic carbocycles. The first-order chi connectivity index (χ1) is 37.2. The van der Waals surface area contributed by atoms with Crippen LogP contribution in [-0.2, 0) is 42.2 Å². The van der Waals surface area contributed by atoms with Crippen molar-refractivity contribution in [3.8, 4) is 0 Å². The number of hydrogen-bond donors (Lipinski definition) is 2. The molecule has 2 N–H and O–H groups in total. The van der Waals surface area contributed by atoms with Gasteiger partial charge in [-0.1, -0.05) is 248 Å². The molecule has 0 spiro atoms. The number of allylic oxidation sites excluding steroid dienone is 12. The summed E-state index contributed by atoms with van der Waals surface area (Å²) in [6.07, 6.45) is 65.7. The molecule has 3 unspecified atom stereocenters. The molecule has 440 valence electrons. The molecule has 0 fully saturated rings. The second kappa shape index (κ2) is 58.1. The van der Waals surface area contributed by atoms with E-state index in [0.29, 0.717) is 19.3 Å². The summed E-state index contributed by atoms with van der Waals surface area (Å²) < 4.78 is 39.6. The molecule has 0 saturated carbocycles. The average molecular weight is 1090 g/mol. The largest absolute Gasteiger partial charge is 0.472 e. The van der Waals surface area contributed by atoms with Gasteiger partial charge in [-0.3, -0.25) is 23.4 Å². The Kier molecular flexibility index (Phi) is 55.7. The van der Waals surface area contributed by atoms with Crippen molar-refractivity contribution >= 4 is 25.7 Å². The molecular formula is C64H113O11P. The Morgan fingerprint density at radius 3 is 1.11 bits per heavy atom. The average Bonchev–Trinajstić information content (AvgIpc) is 3.41. The van der Waals surface area contributed by atoms with E-state index >= 15 is 0 Å². The highest BCUT2D eigenvalue weighted by atomic mass is 31.2. The van der Waals surface area contributed by atoms with Crippen LogP contribution in [0.15, 0.2) is 72.9 Å². The van der Waals surface area contributed by atoms with E-state index in [-0.39, 0.29) is 25.9 Å². The van der Waals surface area contributed by atoms with Crippen LogP contribution in [0.5, 0.6) is 0 Å². The Morgan fingerprint density at radius 1 is 0.382 bits per heavy atom. The molecule has 11 nitrogen and oxygen atoms in total. The first-order valence-electron chi connectivity index (χ1n) is 30.8. The minimum absolute atomic E-state index is 0.147. The summed E-state index contributed by atoms with van der Waals surface area (Å²) in [6, 6.07) is 0. The minimum Gasteiger partial charge on any atom is -0.462 e. The number of unbranched alkanes of at least 4 members (excludes halogenated alkanes) is 28. The van der Waals surface area contributed by atoms with Gasteiger partial charge >= 0.3 is 25.7 Å². The van der Waals surface area contributed by atoms with Gasteiger partial charge < -0.3 is 24.2 Å². The summed E-state index contributed by atoms with van der Waals surface area (Å²) in [4.78, 5) is 48.6. The zero-order chi connectivity index (χ0) is 55.5. The molecule has 0 aliphatic heterocycles. The molecule has 0 aliphatic rings. The van der Waals surface area contributed by atoms with Crippen molar-refractivity contribution in [2.75, 3.05) is 26.4 Å². The number of carbonyl (C=O) groups excluding carboxylic acids is 3. The van der Waals surface area contributed by atoms with Crippen LogP contribution >= 0.6 is 7.82 Å². The van der Waals surface area contributed by atoms with Crippen LogP contribution in [0.1, 0.15) is 278 Å². The second-order valence-corrected chi connectivity index (χ2v) is 21.9. The summed E-state index contributed by atoms with van der Waals surface area (Å²) in [6.45, 7) is 4.46. The summed E-state index contributed by atoms with van der Waals surface area (Å²) >= 11 is 0. The van der Waals surface area contributed by atoms with E-state index in [4.69, 9.17) is 23.3 Å². The molecule has 76 heavy (non-hydrogen) atoms. The van der Waals surface area contributed by atoms with Crippen LogP contribution in [0.2, 0.25) is 0 Å². The highest BCUT2D eigenvalue weighted by Crippen LogP contribution is 2.43. The fourth-order valence-electron chi connectivity index (χ4n) is 8.45. The number of ether oxygens (including phenoxy) is 3. The normalized spacial score (nSPS) is 13.8. The van der Waals surface area contributed by atoms with Crippen LogP contribution in [0, 0.1) is 0 Å². The van der Waals surface area contributed by atoms with Gasteiger partial charge in [0.15, 0.2) is 6.10 Å². The molecular weight excluding hydrogens is 976 g/mol. The van der Waals surface area contributed by atoms with Crippen LogP contribution < -0.4 is 0 Å². The Balaban J connectivity index is 4.69. The summed E-state index contributed by atoms with van der Waals surface area (Å²) in [5.41, 5.74) is 0. The Hall–Kier alpha value is -3.08. The van der Waals surface area contributed by atoms with E-state index in [9.17, 15) is 28.9 Å². The smallest absolute Gasteiger partial charge is 0.462 e. The predicted octanol–water partition coefficient (Wildman–Crippen LogP) is 18.5. The maximum atomic E-state index is 12.9. The van der Waals surface area contributed by atoms with Gasteiger partial charge in [0.05, 0.1) is 19.8 Å². The quantitative estimate of drug-likeness (QED) is 0.0197. The predicted molar refractivity (Wildman–Crippen MR) is 316 cm³/mol. The summed E-state index contributed by atoms with van der Waals surface area (Å²) in [5, 5.41) is 9.83. The van der Waals surface area contributed by atoms with Gasteiger partial charge in [0.1, 0.15) is 12.7 Å². The molecule has 3 atom stereocenters. The SMILES string of the molecule is CC/C=C\C/C=C\C/C=C\C/C=C\CCCCCCC(=O)OC(CO)COP(=O)(O)OCC(COC(=O)CCCCCCC/C=C\C/C=C\CCC)OC(=O)CCCCCCCCCCCCCCCCCCCCC. The van der Waals surface area contributed by atoms with Crippen molar-refractivity contribution < 1.29 is 52.2 Å². The lowest BCUT2D eigenvalue weighted by Gasteiger charge is -2.21. The molecule has 0 heterocycles.